The van der Waals surface area contributed by atoms with Crippen molar-refractivity contribution in [2.45, 2.75) is 38.8 Å². The molecule has 0 radical (unpaired) electrons. The quantitative estimate of drug-likeness (QED) is 0.319. The van der Waals surface area contributed by atoms with Crippen LogP contribution in [0.2, 0.25) is 0 Å². The number of hydrogen-bond donors (Lipinski definition) is 4. The van der Waals surface area contributed by atoms with Gasteiger partial charge in [-0.15, -0.1) is 0 Å². The lowest BCUT2D eigenvalue weighted by molar-refractivity contribution is -0.123. The number of nitrogens with one attached hydrogen (secondary N) is 2. The highest BCUT2D eigenvalue weighted by atomic mass is 16.3. The van der Waals surface area contributed by atoms with Gasteiger partial charge in [-0.2, -0.15) is 0 Å². The van der Waals surface area contributed by atoms with E-state index in [1.54, 1.807) is 25.2 Å². The Balaban J connectivity index is 1.67. The third-order valence-electron chi connectivity index (χ3n) is 7.94. The molecule has 2 bridgehead atoms. The van der Waals surface area contributed by atoms with Crippen LogP contribution >= 0.6 is 0 Å². The van der Waals surface area contributed by atoms with E-state index in [-0.39, 0.29) is 60.2 Å². The lowest BCUT2D eigenvalue weighted by Gasteiger charge is -2.34. The Labute approximate surface area is 216 Å². The van der Waals surface area contributed by atoms with E-state index in [4.69, 9.17) is 0 Å². The Morgan fingerprint density at radius 1 is 0.973 bits per heavy atom. The van der Waals surface area contributed by atoms with Crippen molar-refractivity contribution in [2.75, 3.05) is 6.54 Å². The van der Waals surface area contributed by atoms with Crippen LogP contribution in [0.3, 0.4) is 0 Å². The van der Waals surface area contributed by atoms with Gasteiger partial charge in [0.1, 0.15) is 23.2 Å². The number of allylic oxidation sites excluding steroid dienone is 9. The van der Waals surface area contributed by atoms with Crippen LogP contribution in [-0.2, 0) is 19.2 Å². The topological polar surface area (TPSA) is 133 Å². The van der Waals surface area contributed by atoms with Gasteiger partial charge in [-0.1, -0.05) is 55.5 Å². The largest absolute Gasteiger partial charge is 0.507 e. The summed E-state index contributed by atoms with van der Waals surface area (Å²) in [5.41, 5.74) is -0.394. The van der Waals surface area contributed by atoms with Crippen molar-refractivity contribution in [3.8, 4) is 0 Å². The van der Waals surface area contributed by atoms with Crippen molar-refractivity contribution in [3.63, 3.8) is 0 Å². The highest BCUT2D eigenvalue weighted by Crippen LogP contribution is 2.51. The number of carbonyl (C=O) groups is 4. The summed E-state index contributed by atoms with van der Waals surface area (Å²) < 4.78 is 0. The summed E-state index contributed by atoms with van der Waals surface area (Å²) >= 11 is 0. The maximum Gasteiger partial charge on any atom is 0.259 e. The first-order valence-electron chi connectivity index (χ1n) is 12.8. The molecule has 1 saturated heterocycles. The minimum absolute atomic E-state index is 0.0142. The molecule has 0 aromatic rings. The van der Waals surface area contributed by atoms with Gasteiger partial charge < -0.3 is 20.8 Å². The van der Waals surface area contributed by atoms with Gasteiger partial charge in [0.2, 0.25) is 5.91 Å². The third kappa shape index (κ3) is 5.59. The van der Waals surface area contributed by atoms with Crippen molar-refractivity contribution in [1.29, 1.82) is 0 Å². The summed E-state index contributed by atoms with van der Waals surface area (Å²) in [5.74, 6) is -1.26. The molecule has 4 aliphatic rings. The molecule has 4 N–H and O–H groups in total. The van der Waals surface area contributed by atoms with Gasteiger partial charge in [0.15, 0.2) is 5.78 Å². The molecule has 0 aromatic heterocycles. The van der Waals surface area contributed by atoms with E-state index in [9.17, 15) is 29.4 Å². The predicted octanol–water partition coefficient (Wildman–Crippen LogP) is 2.25. The predicted molar refractivity (Wildman–Crippen MR) is 138 cm³/mol. The lowest BCUT2D eigenvalue weighted by Crippen LogP contribution is -2.42. The summed E-state index contributed by atoms with van der Waals surface area (Å²) in [4.78, 5) is 49.6. The monoisotopic (exact) mass is 506 g/mol. The maximum atomic E-state index is 12.7. The fourth-order valence-electron chi connectivity index (χ4n) is 6.25. The molecular formula is C29H34N2O6. The Morgan fingerprint density at radius 3 is 2.46 bits per heavy atom. The number of rotatable bonds is 1. The number of aliphatic hydroxyl groups is 2. The summed E-state index contributed by atoms with van der Waals surface area (Å²) in [5, 5.41) is 25.9. The number of ketones is 2. The van der Waals surface area contributed by atoms with E-state index in [1.807, 2.05) is 18.2 Å². The molecule has 37 heavy (non-hydrogen) atoms. The highest BCUT2D eigenvalue weighted by Gasteiger charge is 2.47. The Morgan fingerprint density at radius 2 is 1.70 bits per heavy atom. The van der Waals surface area contributed by atoms with Crippen molar-refractivity contribution in [1.82, 2.24) is 10.6 Å². The maximum absolute atomic E-state index is 12.7. The van der Waals surface area contributed by atoms with Crippen molar-refractivity contribution >= 4 is 23.4 Å². The van der Waals surface area contributed by atoms with E-state index >= 15 is 0 Å². The molecule has 2 heterocycles. The molecule has 8 unspecified atom stereocenters. The minimum atomic E-state index is -1.22. The van der Waals surface area contributed by atoms with Crippen LogP contribution in [0.1, 0.15) is 26.7 Å². The molecule has 8 heteroatoms. The molecule has 1 saturated carbocycles. The van der Waals surface area contributed by atoms with Crippen LogP contribution in [-0.4, -0.2) is 52.3 Å². The molecule has 2 amide bonds. The number of carbonyl (C=O) groups excluding carboxylic acids is 4. The molecule has 4 rings (SSSR count). The average Bonchev–Trinajstić information content (AvgIpc) is 3.34. The summed E-state index contributed by atoms with van der Waals surface area (Å²) in [7, 11) is 0. The first-order chi connectivity index (χ1) is 17.7. The van der Waals surface area contributed by atoms with E-state index in [0.717, 1.165) is 6.42 Å². The Hall–Kier alpha value is -3.52. The Kier molecular flexibility index (Phi) is 8.07. The normalized spacial score (nSPS) is 36.4. The standard InChI is InChI=1S/C29H34N2O6/c1-16-15-21-19-8-4-5-9-22(33)26-28(36)27(31-29(26)37)23(34)13-14-30-24(35)10-6-3-7-18(19)11-12-20(21)25(16)17(2)32/h3-12,16,18-21,23,25,27,33-34H,13-15H2,1-2H3,(H,30,35)(H,31,37). The number of amides is 2. The highest BCUT2D eigenvalue weighted by molar-refractivity contribution is 6.27. The molecule has 2 fully saturated rings. The Bertz CT molecular complexity index is 1140. The zero-order chi connectivity index (χ0) is 26.7. The second-order valence-electron chi connectivity index (χ2n) is 10.3. The first-order valence-corrected chi connectivity index (χ1v) is 12.8. The SMILES string of the molecule is CC(=O)C1C(C)CC2C3C=CC=CC(O)=C4C(=O)NC(C4=O)C(O)CCNC(=O)C=CC=CC3C=CC21. The fraction of sp³-hybridized carbons (Fsp3) is 0.448. The molecule has 0 spiro atoms. The van der Waals surface area contributed by atoms with Crippen LogP contribution in [0, 0.1) is 35.5 Å². The number of fused-ring (bicyclic) bond motifs is 5. The number of Topliss-reactive ketones (excluding diaryl/α,β-unsaturated/α-hetero) is 2. The zero-order valence-electron chi connectivity index (χ0n) is 21.0. The molecule has 2 aliphatic heterocycles. The average molecular weight is 507 g/mol. The molecule has 2 aliphatic carbocycles. The van der Waals surface area contributed by atoms with Crippen LogP contribution in [0.4, 0.5) is 0 Å². The van der Waals surface area contributed by atoms with Crippen molar-refractivity contribution in [2.24, 2.45) is 35.5 Å². The molecule has 0 aromatic carbocycles. The summed E-state index contributed by atoms with van der Waals surface area (Å²) in [6, 6.07) is -1.18. The van der Waals surface area contributed by atoms with E-state index in [1.165, 1.54) is 12.2 Å². The van der Waals surface area contributed by atoms with Gasteiger partial charge in [-0.25, -0.2) is 0 Å². The number of aliphatic hydroxyl groups excluding tert-OH is 2. The van der Waals surface area contributed by atoms with E-state index in [0.29, 0.717) is 0 Å². The first kappa shape index (κ1) is 26.5. The second kappa shape index (κ2) is 11.3. The van der Waals surface area contributed by atoms with Gasteiger partial charge >= 0.3 is 0 Å². The summed E-state index contributed by atoms with van der Waals surface area (Å²) in [6.45, 7) is 3.88. The van der Waals surface area contributed by atoms with Gasteiger partial charge in [-0.3, -0.25) is 19.2 Å². The van der Waals surface area contributed by atoms with E-state index in [2.05, 4.69) is 29.7 Å². The van der Waals surface area contributed by atoms with Gasteiger partial charge in [-0.05, 0) is 49.5 Å². The fourth-order valence-corrected chi connectivity index (χ4v) is 6.25. The lowest BCUT2D eigenvalue weighted by atomic mass is 9.69. The van der Waals surface area contributed by atoms with Crippen LogP contribution in [0.25, 0.3) is 0 Å². The van der Waals surface area contributed by atoms with Crippen LogP contribution in [0.15, 0.2) is 72.1 Å². The molecular weight excluding hydrogens is 472 g/mol. The van der Waals surface area contributed by atoms with Crippen molar-refractivity contribution < 1.29 is 29.4 Å². The number of hydrogen-bond acceptors (Lipinski definition) is 6. The zero-order valence-corrected chi connectivity index (χ0v) is 21.0. The third-order valence-corrected chi connectivity index (χ3v) is 7.94. The van der Waals surface area contributed by atoms with Gasteiger partial charge in [0.25, 0.3) is 5.91 Å². The summed E-state index contributed by atoms with van der Waals surface area (Å²) in [6.07, 6.45) is 17.6. The van der Waals surface area contributed by atoms with Gasteiger partial charge in [0, 0.05) is 24.5 Å². The van der Waals surface area contributed by atoms with Gasteiger partial charge in [0.05, 0.1) is 6.10 Å². The second-order valence-corrected chi connectivity index (χ2v) is 10.3. The van der Waals surface area contributed by atoms with Crippen LogP contribution < -0.4 is 10.6 Å². The molecule has 196 valence electrons. The molecule has 8 atom stereocenters. The minimum Gasteiger partial charge on any atom is -0.507 e. The molecule has 8 nitrogen and oxygen atoms in total. The van der Waals surface area contributed by atoms with E-state index < -0.39 is 35.2 Å². The van der Waals surface area contributed by atoms with Crippen molar-refractivity contribution in [3.05, 3.63) is 72.1 Å². The smallest absolute Gasteiger partial charge is 0.259 e. The van der Waals surface area contributed by atoms with Crippen LogP contribution in [0.5, 0.6) is 0 Å².